The highest BCUT2D eigenvalue weighted by atomic mass is 31.2. The Morgan fingerprint density at radius 2 is 0.667 bits per heavy atom. The fourth-order valence-corrected chi connectivity index (χ4v) is 0. The molecule has 10 N–H and O–H groups in total. The summed E-state index contributed by atoms with van der Waals surface area (Å²) in [4.78, 5) is 43.1. The summed E-state index contributed by atoms with van der Waals surface area (Å²) in [6.07, 6.45) is 0. The van der Waals surface area contributed by atoms with Crippen LogP contribution >= 0.6 is 15.6 Å². The van der Waals surface area contributed by atoms with Gasteiger partial charge in [-0.3, -0.25) is 0 Å². The Kier molecular flexibility index (Phi) is 9.79. The average Bonchev–Trinajstić information content (AvgIpc) is 1.70. The Hall–Kier alpha value is 0.0600. The summed E-state index contributed by atoms with van der Waals surface area (Å²) in [7, 11) is -9.28. The number of rotatable bonds is 1. The number of hydrogen-bond donors (Lipinski definition) is 10. The van der Waals surface area contributed by atoms with E-state index in [9.17, 15) is 0 Å². The van der Waals surface area contributed by atoms with Crippen LogP contribution in [0.15, 0.2) is 0 Å². The van der Waals surface area contributed by atoms with Gasteiger partial charge in [0.05, 0.1) is 0 Å². The molecule has 0 amide bonds. The second-order valence-electron chi connectivity index (χ2n) is 3.07. The largest absolute Gasteiger partial charge is 0.466 e. The van der Waals surface area contributed by atoms with E-state index in [-0.39, 0.29) is 0 Å². The Morgan fingerprint density at radius 1 is 0.611 bits per heavy atom. The lowest BCUT2D eigenvalue weighted by molar-refractivity contribution is -0.339. The van der Waals surface area contributed by atoms with Gasteiger partial charge in [0.25, 0.3) is 0 Å². The van der Waals surface area contributed by atoms with Gasteiger partial charge in [-0.15, -0.1) is 0 Å². The van der Waals surface area contributed by atoms with E-state index >= 15 is 0 Å². The van der Waals surface area contributed by atoms with E-state index in [0.29, 0.717) is 0 Å². The molecule has 0 atom stereocenters. The predicted molar refractivity (Wildman–Crippen MR) is 54.2 cm³/mol. The van der Waals surface area contributed by atoms with Gasteiger partial charge in [0, 0.05) is 0 Å². The maximum Gasteiger partial charge on any atom is 0.466 e. The van der Waals surface area contributed by atoms with Gasteiger partial charge in [-0.2, -0.15) is 0 Å². The lowest BCUT2D eigenvalue weighted by Gasteiger charge is -2.27. The third kappa shape index (κ3) is 44.4. The third-order valence-electron chi connectivity index (χ3n) is 0.897. The van der Waals surface area contributed by atoms with E-state index in [2.05, 4.69) is 0 Å². The molecule has 0 heterocycles. The van der Waals surface area contributed by atoms with Crippen molar-refractivity contribution in [3.8, 4) is 0 Å². The number of hydrogen-bond acceptors (Lipinski definition) is 6. The first-order valence-electron chi connectivity index (χ1n) is 3.71. The molecule has 0 saturated heterocycles. The normalized spacial score (nSPS) is 12.9. The molecule has 0 saturated carbocycles. The first kappa shape index (κ1) is 23.2. The number of aliphatic hydroxyl groups is 4. The van der Waals surface area contributed by atoms with Crippen LogP contribution in [-0.2, 0) is 9.13 Å². The standard InChI is InChI=1S/C4H10O4.2H3O4P/c1-3(5,6)4(2,7)8;2*1-5(2,3)4/h5-8H,1-2H3;2*(H3,1,2,3,4). The fraction of sp³-hybridized carbons (Fsp3) is 1.00. The Balaban J connectivity index is -0.000000197. The van der Waals surface area contributed by atoms with Gasteiger partial charge in [-0.25, -0.2) is 9.13 Å². The van der Waals surface area contributed by atoms with Crippen molar-refractivity contribution in [2.75, 3.05) is 0 Å². The fourth-order valence-electron chi connectivity index (χ4n) is 0. The molecule has 0 spiro atoms. The third-order valence-corrected chi connectivity index (χ3v) is 0.897. The first-order valence-corrected chi connectivity index (χ1v) is 6.84. The summed E-state index contributed by atoms with van der Waals surface area (Å²) in [5, 5.41) is 33.6. The molecule has 0 bridgehead atoms. The topological polar surface area (TPSA) is 236 Å². The summed E-state index contributed by atoms with van der Waals surface area (Å²) in [5.74, 6) is -4.90. The van der Waals surface area contributed by atoms with Crippen LogP contribution < -0.4 is 0 Å². The van der Waals surface area contributed by atoms with Crippen LogP contribution in [0.4, 0.5) is 0 Å². The molecule has 0 unspecified atom stereocenters. The molecule has 0 aliphatic rings. The second kappa shape index (κ2) is 7.60. The minimum absolute atomic E-state index is 0.882. The summed E-state index contributed by atoms with van der Waals surface area (Å²) in [6.45, 7) is 1.76. The molecule has 0 aromatic heterocycles. The van der Waals surface area contributed by atoms with Crippen LogP contribution in [0.2, 0.25) is 0 Å². The van der Waals surface area contributed by atoms with Crippen LogP contribution in [0.1, 0.15) is 13.8 Å². The van der Waals surface area contributed by atoms with Crippen molar-refractivity contribution in [3.05, 3.63) is 0 Å². The van der Waals surface area contributed by atoms with Gasteiger partial charge in [0.1, 0.15) is 0 Å². The summed E-state index contributed by atoms with van der Waals surface area (Å²) < 4.78 is 17.8. The molecule has 18 heavy (non-hydrogen) atoms. The van der Waals surface area contributed by atoms with Crippen LogP contribution in [0, 0.1) is 0 Å². The smallest absolute Gasteiger partial charge is 0.362 e. The predicted octanol–water partition coefficient (Wildman–Crippen LogP) is -3.47. The van der Waals surface area contributed by atoms with E-state index in [0.717, 1.165) is 13.8 Å². The Morgan fingerprint density at radius 3 is 0.667 bits per heavy atom. The molecule has 0 aliphatic heterocycles. The highest BCUT2D eigenvalue weighted by Gasteiger charge is 2.37. The molecule has 0 aliphatic carbocycles. The van der Waals surface area contributed by atoms with Crippen molar-refractivity contribution in [2.45, 2.75) is 25.4 Å². The van der Waals surface area contributed by atoms with Crippen LogP contribution in [-0.4, -0.2) is 61.4 Å². The zero-order chi connectivity index (χ0) is 16.0. The Labute approximate surface area is 101 Å². The van der Waals surface area contributed by atoms with Crippen molar-refractivity contribution >= 4 is 15.6 Å². The molecular formula is C4H16O12P2. The molecule has 0 radical (unpaired) electrons. The number of phosphoric acid groups is 2. The lowest BCUT2D eigenvalue weighted by atomic mass is 10.1. The average molecular weight is 318 g/mol. The molecule has 114 valence electrons. The second-order valence-corrected chi connectivity index (χ2v) is 5.12. The summed E-state index contributed by atoms with van der Waals surface area (Å²) in [6, 6.07) is 0. The molecule has 0 aromatic rings. The zero-order valence-electron chi connectivity index (χ0n) is 9.18. The summed E-state index contributed by atoms with van der Waals surface area (Å²) in [5.41, 5.74) is 0. The molecular weight excluding hydrogens is 302 g/mol. The molecule has 12 nitrogen and oxygen atoms in total. The van der Waals surface area contributed by atoms with Crippen molar-refractivity contribution in [3.63, 3.8) is 0 Å². The van der Waals surface area contributed by atoms with E-state index in [1.54, 1.807) is 0 Å². The molecule has 0 rings (SSSR count). The first-order chi connectivity index (χ1) is 7.25. The van der Waals surface area contributed by atoms with Crippen molar-refractivity contribution in [2.24, 2.45) is 0 Å². The van der Waals surface area contributed by atoms with E-state index in [1.807, 2.05) is 0 Å². The summed E-state index contributed by atoms with van der Waals surface area (Å²) >= 11 is 0. The van der Waals surface area contributed by atoms with Crippen LogP contribution in [0.25, 0.3) is 0 Å². The maximum absolute atomic E-state index is 8.88. The van der Waals surface area contributed by atoms with Gasteiger partial charge in [0.15, 0.2) is 0 Å². The van der Waals surface area contributed by atoms with Crippen molar-refractivity contribution in [1.82, 2.24) is 0 Å². The lowest BCUT2D eigenvalue weighted by Crippen LogP contribution is -2.49. The van der Waals surface area contributed by atoms with Crippen molar-refractivity contribution < 1.29 is 58.9 Å². The Bertz CT molecular complexity index is 250. The van der Waals surface area contributed by atoms with Gasteiger partial charge < -0.3 is 49.8 Å². The SMILES string of the molecule is CC(O)(O)C(C)(O)O.O=P(O)(O)O.O=P(O)(O)O. The van der Waals surface area contributed by atoms with Gasteiger partial charge in [-0.1, -0.05) is 0 Å². The highest BCUT2D eigenvalue weighted by molar-refractivity contribution is 7.45. The minimum atomic E-state index is -4.64. The van der Waals surface area contributed by atoms with Crippen LogP contribution in [0.3, 0.4) is 0 Å². The molecule has 0 fully saturated rings. The maximum atomic E-state index is 8.88. The van der Waals surface area contributed by atoms with E-state index in [4.69, 9.17) is 58.9 Å². The zero-order valence-corrected chi connectivity index (χ0v) is 11.0. The van der Waals surface area contributed by atoms with E-state index < -0.39 is 27.2 Å². The van der Waals surface area contributed by atoms with Gasteiger partial charge in [-0.05, 0) is 13.8 Å². The van der Waals surface area contributed by atoms with Gasteiger partial charge in [0.2, 0.25) is 11.6 Å². The quantitative estimate of drug-likeness (QED) is 0.167. The van der Waals surface area contributed by atoms with Crippen LogP contribution in [0.5, 0.6) is 0 Å². The molecule has 14 heteroatoms. The van der Waals surface area contributed by atoms with E-state index in [1.165, 1.54) is 0 Å². The monoisotopic (exact) mass is 318 g/mol. The van der Waals surface area contributed by atoms with Gasteiger partial charge >= 0.3 is 15.6 Å². The minimum Gasteiger partial charge on any atom is -0.362 e. The highest BCUT2D eigenvalue weighted by Crippen LogP contribution is 2.26. The molecule has 0 aromatic carbocycles. The van der Waals surface area contributed by atoms with Crippen molar-refractivity contribution in [1.29, 1.82) is 0 Å².